The Morgan fingerprint density at radius 2 is 0.833 bits per heavy atom. The maximum atomic E-state index is 6.87. The summed E-state index contributed by atoms with van der Waals surface area (Å²) in [6.07, 6.45) is 0. The Hall–Kier alpha value is -8.15. The van der Waals surface area contributed by atoms with Gasteiger partial charge in [0.1, 0.15) is 5.58 Å². The zero-order chi connectivity index (χ0) is 39.8. The van der Waals surface area contributed by atoms with Gasteiger partial charge in [-0.2, -0.15) is 0 Å². The van der Waals surface area contributed by atoms with E-state index >= 15 is 0 Å². The highest BCUT2D eigenvalue weighted by molar-refractivity contribution is 6.11. The van der Waals surface area contributed by atoms with Gasteiger partial charge in [-0.3, -0.25) is 0 Å². The van der Waals surface area contributed by atoms with E-state index in [1.165, 1.54) is 21.9 Å². The molecule has 282 valence electrons. The summed E-state index contributed by atoms with van der Waals surface area (Å²) >= 11 is 0. The van der Waals surface area contributed by atoms with E-state index < -0.39 is 0 Å². The number of fused-ring (bicyclic) bond motifs is 4. The summed E-state index contributed by atoms with van der Waals surface area (Å²) in [5.74, 6) is 1.79. The Labute approximate surface area is 347 Å². The molecule has 0 aliphatic heterocycles. The summed E-state index contributed by atoms with van der Waals surface area (Å²) in [7, 11) is 0. The van der Waals surface area contributed by atoms with Crippen molar-refractivity contribution in [3.05, 3.63) is 218 Å². The van der Waals surface area contributed by atoms with E-state index in [9.17, 15) is 0 Å². The lowest BCUT2D eigenvalue weighted by Crippen LogP contribution is -2.10. The highest BCUT2D eigenvalue weighted by Gasteiger charge is 2.21. The maximum Gasteiger partial charge on any atom is 0.164 e. The number of hydrogen-bond acceptors (Lipinski definition) is 5. The topological polar surface area (TPSA) is 55.1 Å². The summed E-state index contributed by atoms with van der Waals surface area (Å²) in [5, 5.41) is 4.49. The van der Waals surface area contributed by atoms with Gasteiger partial charge >= 0.3 is 0 Å². The first-order valence-corrected chi connectivity index (χ1v) is 20.1. The summed E-state index contributed by atoms with van der Waals surface area (Å²) in [6.45, 7) is 0. The zero-order valence-electron chi connectivity index (χ0n) is 32.5. The van der Waals surface area contributed by atoms with Crippen LogP contribution >= 0.6 is 0 Å². The van der Waals surface area contributed by atoms with E-state index in [-0.39, 0.29) is 0 Å². The minimum Gasteiger partial charge on any atom is -0.454 e. The highest BCUT2D eigenvalue weighted by Crippen LogP contribution is 2.43. The van der Waals surface area contributed by atoms with E-state index in [1.54, 1.807) is 0 Å². The first-order chi connectivity index (χ1) is 29.7. The molecule has 0 aliphatic rings. The first kappa shape index (κ1) is 35.0. The van der Waals surface area contributed by atoms with Gasteiger partial charge in [-0.25, -0.2) is 15.0 Å². The summed E-state index contributed by atoms with van der Waals surface area (Å²) in [4.78, 5) is 17.4. The third kappa shape index (κ3) is 6.45. The minimum absolute atomic E-state index is 0.573. The molecule has 0 fully saturated rings. The Morgan fingerprint density at radius 3 is 1.57 bits per heavy atom. The van der Waals surface area contributed by atoms with Crippen LogP contribution in [0, 0.1) is 0 Å². The highest BCUT2D eigenvalue weighted by atomic mass is 16.3. The lowest BCUT2D eigenvalue weighted by atomic mass is 9.97. The Bertz CT molecular complexity index is 3290. The Morgan fingerprint density at radius 1 is 0.333 bits per heavy atom. The fourth-order valence-corrected chi connectivity index (χ4v) is 8.16. The van der Waals surface area contributed by atoms with Crippen molar-refractivity contribution in [2.75, 3.05) is 4.90 Å². The van der Waals surface area contributed by atoms with E-state index in [2.05, 4.69) is 181 Å². The largest absolute Gasteiger partial charge is 0.454 e. The van der Waals surface area contributed by atoms with Crippen LogP contribution in [0.3, 0.4) is 0 Å². The summed E-state index contributed by atoms with van der Waals surface area (Å²) in [5.41, 5.74) is 11.9. The normalized spacial score (nSPS) is 11.3. The molecule has 9 aromatic carbocycles. The average molecular weight is 769 g/mol. The van der Waals surface area contributed by atoms with Crippen molar-refractivity contribution in [3.63, 3.8) is 0 Å². The molecular weight excluding hydrogens is 733 g/mol. The van der Waals surface area contributed by atoms with Gasteiger partial charge in [0.25, 0.3) is 0 Å². The van der Waals surface area contributed by atoms with Gasteiger partial charge < -0.3 is 9.32 Å². The van der Waals surface area contributed by atoms with Crippen molar-refractivity contribution >= 4 is 49.8 Å². The number of rotatable bonds is 8. The molecule has 0 aliphatic carbocycles. The molecule has 5 nitrogen and oxygen atoms in total. The van der Waals surface area contributed by atoms with Crippen molar-refractivity contribution in [2.24, 2.45) is 0 Å². The van der Waals surface area contributed by atoms with E-state index in [0.29, 0.717) is 17.5 Å². The van der Waals surface area contributed by atoms with Crippen molar-refractivity contribution in [2.45, 2.75) is 0 Å². The maximum absolute atomic E-state index is 6.87. The number of aromatic nitrogens is 3. The summed E-state index contributed by atoms with van der Waals surface area (Å²) < 4.78 is 6.87. The van der Waals surface area contributed by atoms with Crippen LogP contribution in [0.15, 0.2) is 223 Å². The molecule has 0 saturated heterocycles. The second-order valence-electron chi connectivity index (χ2n) is 14.8. The monoisotopic (exact) mass is 768 g/mol. The minimum atomic E-state index is 0.573. The molecule has 11 aromatic rings. The molecule has 0 atom stereocenters. The van der Waals surface area contributed by atoms with Crippen molar-refractivity contribution in [1.29, 1.82) is 0 Å². The number of nitrogens with zero attached hydrogens (tertiary/aromatic N) is 4. The third-order valence-corrected chi connectivity index (χ3v) is 11.1. The molecule has 0 unspecified atom stereocenters. The van der Waals surface area contributed by atoms with E-state index in [4.69, 9.17) is 19.4 Å². The van der Waals surface area contributed by atoms with Gasteiger partial charge in [0.2, 0.25) is 0 Å². The molecule has 5 heteroatoms. The van der Waals surface area contributed by atoms with Crippen LogP contribution in [0.2, 0.25) is 0 Å². The second-order valence-corrected chi connectivity index (χ2v) is 14.8. The first-order valence-electron chi connectivity index (χ1n) is 20.1. The SMILES string of the molecule is c1ccc(-c2ccc(N(c3ccccc3)c3cccc4c3oc3cc(-c5nc(-c6ccccc6)nc(-c6ccc(-c7cccc8ccccc78)cc6)n5)ccc34)cc2)cc1. The van der Waals surface area contributed by atoms with Gasteiger partial charge in [0.05, 0.1) is 5.69 Å². The van der Waals surface area contributed by atoms with Crippen LogP contribution in [-0.4, -0.2) is 15.0 Å². The van der Waals surface area contributed by atoms with Crippen LogP contribution in [0.25, 0.3) is 89.1 Å². The molecule has 11 rings (SSSR count). The fourth-order valence-electron chi connectivity index (χ4n) is 8.16. The smallest absolute Gasteiger partial charge is 0.164 e. The standard InChI is InChI=1S/C55H36N4O/c1-4-14-37(15-5-1)38-30-33-45(34-31-38)59(44-20-8-3-9-21-44)50-25-13-24-49-48-35-32-43(36-51(48)60-52(49)50)55-57-53(41-17-6-2-7-18-41)56-54(58-55)42-28-26-40(27-29-42)47-23-12-19-39-16-10-11-22-46(39)47/h1-36H. The molecule has 0 amide bonds. The quantitative estimate of drug-likeness (QED) is 0.154. The third-order valence-electron chi connectivity index (χ3n) is 11.1. The van der Waals surface area contributed by atoms with Crippen molar-refractivity contribution in [3.8, 4) is 56.4 Å². The molecule has 0 radical (unpaired) electrons. The van der Waals surface area contributed by atoms with Crippen LogP contribution in [-0.2, 0) is 0 Å². The average Bonchev–Trinajstić information content (AvgIpc) is 3.71. The number of benzene rings is 9. The molecule has 0 bridgehead atoms. The Balaban J connectivity index is 1.00. The number of furan rings is 1. The number of hydrogen-bond donors (Lipinski definition) is 0. The lowest BCUT2D eigenvalue weighted by molar-refractivity contribution is 0.669. The molecule has 0 N–H and O–H groups in total. The van der Waals surface area contributed by atoms with Crippen LogP contribution in [0.4, 0.5) is 17.1 Å². The lowest BCUT2D eigenvalue weighted by Gasteiger charge is -2.25. The number of para-hydroxylation sites is 2. The molecule has 0 saturated carbocycles. The zero-order valence-corrected chi connectivity index (χ0v) is 32.5. The molecule has 2 aromatic heterocycles. The van der Waals surface area contributed by atoms with E-state index in [1.807, 2.05) is 42.5 Å². The van der Waals surface area contributed by atoms with Gasteiger partial charge in [-0.15, -0.1) is 0 Å². The number of anilines is 3. The fraction of sp³-hybridized carbons (Fsp3) is 0. The van der Waals surface area contributed by atoms with Gasteiger partial charge in [0, 0.05) is 38.8 Å². The van der Waals surface area contributed by atoms with Crippen LogP contribution in [0.5, 0.6) is 0 Å². The summed E-state index contributed by atoms with van der Waals surface area (Å²) in [6, 6.07) is 75.7. The van der Waals surface area contributed by atoms with Crippen LogP contribution in [0.1, 0.15) is 0 Å². The predicted molar refractivity (Wildman–Crippen MR) is 246 cm³/mol. The molecule has 60 heavy (non-hydrogen) atoms. The van der Waals surface area contributed by atoms with Gasteiger partial charge in [-0.1, -0.05) is 176 Å². The predicted octanol–water partition coefficient (Wildman–Crippen LogP) is 14.7. The van der Waals surface area contributed by atoms with Crippen LogP contribution < -0.4 is 4.90 Å². The molecule has 2 heterocycles. The van der Waals surface area contributed by atoms with Crippen molar-refractivity contribution < 1.29 is 4.42 Å². The van der Waals surface area contributed by atoms with Gasteiger partial charge in [-0.05, 0) is 75.5 Å². The van der Waals surface area contributed by atoms with Crippen molar-refractivity contribution in [1.82, 2.24) is 15.0 Å². The van der Waals surface area contributed by atoms with E-state index in [0.717, 1.165) is 66.8 Å². The second kappa shape index (κ2) is 15.0. The Kier molecular flexibility index (Phi) is 8.75. The van der Waals surface area contributed by atoms with Gasteiger partial charge in [0.15, 0.2) is 23.1 Å². The molecular formula is C55H36N4O. The molecule has 0 spiro atoms.